The van der Waals surface area contributed by atoms with Crippen LogP contribution in [0.1, 0.15) is 66.2 Å². The van der Waals surface area contributed by atoms with Crippen molar-refractivity contribution in [2.75, 3.05) is 13.1 Å². The zero-order chi connectivity index (χ0) is 35.0. The molecule has 19 heteroatoms. The molecular weight excluding hydrogens is 606 g/mol. The third-order valence-corrected chi connectivity index (χ3v) is 6.82. The Bertz CT molecular complexity index is 1170. The minimum Gasteiger partial charge on any atom is -0.370 e. The van der Waals surface area contributed by atoms with E-state index in [1.807, 2.05) is 0 Å². The van der Waals surface area contributed by atoms with Crippen molar-refractivity contribution in [1.82, 2.24) is 37.2 Å². The van der Waals surface area contributed by atoms with Gasteiger partial charge in [-0.3, -0.25) is 43.3 Å². The average Bonchev–Trinajstić information content (AvgIpc) is 2.96. The van der Waals surface area contributed by atoms with E-state index >= 15 is 0 Å². The second kappa shape index (κ2) is 19.4. The Morgan fingerprint density at radius 2 is 1.39 bits per heavy atom. The van der Waals surface area contributed by atoms with Crippen LogP contribution in [0.15, 0.2) is 4.99 Å². The fraction of sp³-hybridized carbons (Fsp3) is 0.667. The highest BCUT2D eigenvalue weighted by molar-refractivity contribution is 5.97. The average molecular weight is 654 g/mol. The van der Waals surface area contributed by atoms with Crippen LogP contribution in [-0.2, 0) is 38.4 Å². The number of hydrogen-bond donors (Lipinski definition) is 10. The number of carbonyl (C=O) groups excluding carboxylic acids is 8. The first kappa shape index (κ1) is 39.1. The largest absolute Gasteiger partial charge is 0.370 e. The highest BCUT2D eigenvalue weighted by atomic mass is 16.2. The van der Waals surface area contributed by atoms with E-state index in [0.29, 0.717) is 19.3 Å². The van der Waals surface area contributed by atoms with Gasteiger partial charge in [0, 0.05) is 20.0 Å². The van der Waals surface area contributed by atoms with E-state index in [-0.39, 0.29) is 31.9 Å². The van der Waals surface area contributed by atoms with Gasteiger partial charge in [0.1, 0.15) is 36.3 Å². The summed E-state index contributed by atoms with van der Waals surface area (Å²) in [5, 5.41) is 17.4. The highest BCUT2D eigenvalue weighted by Gasteiger charge is 2.30. The molecule has 46 heavy (non-hydrogen) atoms. The molecule has 1 saturated heterocycles. The van der Waals surface area contributed by atoms with Crippen molar-refractivity contribution in [3.05, 3.63) is 0 Å². The zero-order valence-corrected chi connectivity index (χ0v) is 26.6. The summed E-state index contributed by atoms with van der Waals surface area (Å²) in [6, 6.07) is -6.95. The summed E-state index contributed by atoms with van der Waals surface area (Å²) >= 11 is 0. The molecular formula is C27H47N11O8. The maximum atomic E-state index is 13.3. The zero-order valence-electron chi connectivity index (χ0n) is 26.6. The number of aliphatic imine (C=N–C) groups is 1. The van der Waals surface area contributed by atoms with Gasteiger partial charge in [-0.15, -0.1) is 0 Å². The SMILES string of the molecule is CC(=O)N[C@@H](CCCN=C(N)N)C(=O)N[C@H]1CCCCNC(=O)C[C@@H](C(N)=O)NC(=O)[C@H](C)NC(=O)[C@H](C)NC(=O)[C@H](C)NC1=O. The number of amides is 8. The van der Waals surface area contributed by atoms with Crippen molar-refractivity contribution >= 4 is 53.2 Å². The predicted molar refractivity (Wildman–Crippen MR) is 165 cm³/mol. The van der Waals surface area contributed by atoms with Crippen LogP contribution in [0.25, 0.3) is 0 Å². The molecule has 0 aromatic rings. The van der Waals surface area contributed by atoms with Gasteiger partial charge < -0.3 is 54.4 Å². The molecule has 13 N–H and O–H groups in total. The van der Waals surface area contributed by atoms with E-state index in [1.165, 1.54) is 27.7 Å². The van der Waals surface area contributed by atoms with Crippen molar-refractivity contribution in [1.29, 1.82) is 0 Å². The molecule has 0 bridgehead atoms. The maximum Gasteiger partial charge on any atom is 0.243 e. The second-order valence-electron chi connectivity index (χ2n) is 11.0. The number of guanidine groups is 1. The summed E-state index contributed by atoms with van der Waals surface area (Å²) in [5.41, 5.74) is 16.0. The van der Waals surface area contributed by atoms with E-state index in [1.54, 1.807) is 0 Å². The molecule has 0 spiro atoms. The number of hydrogen-bond acceptors (Lipinski definition) is 9. The molecule has 8 amide bonds. The summed E-state index contributed by atoms with van der Waals surface area (Å²) in [7, 11) is 0. The van der Waals surface area contributed by atoms with E-state index in [2.05, 4.69) is 42.2 Å². The smallest absolute Gasteiger partial charge is 0.243 e. The minimum absolute atomic E-state index is 0.0826. The van der Waals surface area contributed by atoms with Crippen molar-refractivity contribution in [2.45, 2.75) is 102 Å². The Morgan fingerprint density at radius 1 is 0.848 bits per heavy atom. The van der Waals surface area contributed by atoms with Crippen LogP contribution in [-0.4, -0.2) is 103 Å². The number of carbonyl (C=O) groups is 8. The van der Waals surface area contributed by atoms with E-state index in [0.717, 1.165) is 0 Å². The van der Waals surface area contributed by atoms with Gasteiger partial charge in [0.05, 0.1) is 6.42 Å². The molecule has 0 saturated carbocycles. The van der Waals surface area contributed by atoms with E-state index in [9.17, 15) is 38.4 Å². The molecule has 0 radical (unpaired) electrons. The predicted octanol–water partition coefficient (Wildman–Crippen LogP) is -4.80. The maximum absolute atomic E-state index is 13.3. The number of nitrogens with two attached hydrogens (primary N) is 3. The lowest BCUT2D eigenvalue weighted by molar-refractivity contribution is -0.135. The molecule has 1 aliphatic heterocycles. The van der Waals surface area contributed by atoms with Crippen molar-refractivity contribution in [2.24, 2.45) is 22.2 Å². The van der Waals surface area contributed by atoms with Crippen LogP contribution in [0.5, 0.6) is 0 Å². The number of nitrogens with zero attached hydrogens (tertiary/aromatic N) is 1. The minimum atomic E-state index is -1.35. The van der Waals surface area contributed by atoms with Crippen molar-refractivity contribution in [3.63, 3.8) is 0 Å². The van der Waals surface area contributed by atoms with E-state index < -0.39 is 89.9 Å². The monoisotopic (exact) mass is 653 g/mol. The van der Waals surface area contributed by atoms with Crippen LogP contribution >= 0.6 is 0 Å². The van der Waals surface area contributed by atoms with Gasteiger partial charge in [0.2, 0.25) is 47.3 Å². The molecule has 0 unspecified atom stereocenters. The van der Waals surface area contributed by atoms with Crippen LogP contribution in [0.2, 0.25) is 0 Å². The number of rotatable bonds is 8. The van der Waals surface area contributed by atoms with Gasteiger partial charge in [-0.05, 0) is 52.9 Å². The number of primary amides is 1. The first-order valence-corrected chi connectivity index (χ1v) is 14.9. The van der Waals surface area contributed by atoms with Gasteiger partial charge in [-0.25, -0.2) is 0 Å². The van der Waals surface area contributed by atoms with Gasteiger partial charge in [-0.1, -0.05) is 0 Å². The molecule has 0 aliphatic carbocycles. The fourth-order valence-electron chi connectivity index (χ4n) is 4.22. The lowest BCUT2D eigenvalue weighted by Crippen LogP contribution is -2.58. The summed E-state index contributed by atoms with van der Waals surface area (Å²) in [6.45, 7) is 5.64. The van der Waals surface area contributed by atoms with Gasteiger partial charge >= 0.3 is 0 Å². The Labute approximate surface area is 266 Å². The van der Waals surface area contributed by atoms with Crippen LogP contribution in [0, 0.1) is 0 Å². The lowest BCUT2D eigenvalue weighted by atomic mass is 10.1. The first-order chi connectivity index (χ1) is 21.5. The quantitative estimate of drug-likeness (QED) is 0.0677. The molecule has 1 heterocycles. The highest BCUT2D eigenvalue weighted by Crippen LogP contribution is 2.06. The van der Waals surface area contributed by atoms with Crippen molar-refractivity contribution in [3.8, 4) is 0 Å². The third kappa shape index (κ3) is 14.7. The summed E-state index contributed by atoms with van der Waals surface area (Å²) < 4.78 is 0. The molecule has 1 fully saturated rings. The molecule has 19 nitrogen and oxygen atoms in total. The Kier molecular flexibility index (Phi) is 16.5. The molecule has 0 aromatic heterocycles. The number of nitrogens with one attached hydrogen (secondary N) is 7. The fourth-order valence-corrected chi connectivity index (χ4v) is 4.22. The normalized spacial score (nSPS) is 24.8. The molecule has 6 atom stereocenters. The van der Waals surface area contributed by atoms with Gasteiger partial charge in [0.25, 0.3) is 0 Å². The topological polar surface area (TPSA) is 311 Å². The summed E-state index contributed by atoms with van der Waals surface area (Å²) in [4.78, 5) is 104. The second-order valence-corrected chi connectivity index (χ2v) is 11.0. The lowest BCUT2D eigenvalue weighted by Gasteiger charge is -2.25. The van der Waals surface area contributed by atoms with Crippen LogP contribution in [0.3, 0.4) is 0 Å². The third-order valence-electron chi connectivity index (χ3n) is 6.82. The Morgan fingerprint density at radius 3 is 1.91 bits per heavy atom. The standard InChI is InChI=1S/C27H47N11O8/c1-13-22(42)34-15(3)24(44)38-19(21(28)41)12-20(40)31-10-6-5-8-18(25(45)35-14(2)23(43)33-13)37-26(46)17(36-16(4)39)9-7-11-32-27(29)30/h13-15,17-19H,5-12H2,1-4H3,(H2,28,41)(H,31,40)(H,33,43)(H,34,42)(H,35,45)(H,36,39)(H,37,46)(H,38,44)(H4,29,30,32)/t13-,14-,15-,17-,18-,19-/m0/s1. The summed E-state index contributed by atoms with van der Waals surface area (Å²) in [6.07, 6.45) is 0.796. The van der Waals surface area contributed by atoms with Crippen LogP contribution < -0.4 is 54.4 Å². The summed E-state index contributed by atoms with van der Waals surface area (Å²) in [5.74, 6) is -5.75. The van der Waals surface area contributed by atoms with Gasteiger partial charge in [0.15, 0.2) is 5.96 Å². The molecule has 1 aliphatic rings. The van der Waals surface area contributed by atoms with Gasteiger partial charge in [-0.2, -0.15) is 0 Å². The van der Waals surface area contributed by atoms with Crippen LogP contribution in [0.4, 0.5) is 0 Å². The molecule has 1 rings (SSSR count). The molecule has 258 valence electrons. The Hall–Kier alpha value is -4.97. The van der Waals surface area contributed by atoms with E-state index in [4.69, 9.17) is 17.2 Å². The van der Waals surface area contributed by atoms with Crippen molar-refractivity contribution < 1.29 is 38.4 Å². The first-order valence-electron chi connectivity index (χ1n) is 14.9. The molecule has 0 aromatic carbocycles. The Balaban J connectivity index is 3.16.